The normalized spacial score (nSPS) is 10.1. The summed E-state index contributed by atoms with van der Waals surface area (Å²) in [5.41, 5.74) is 0.143. The van der Waals surface area contributed by atoms with Crippen LogP contribution in [0.1, 0.15) is 23.7 Å². The average molecular weight is 273 g/mol. The minimum absolute atomic E-state index is 0.287. The van der Waals surface area contributed by atoms with Crippen LogP contribution in [0, 0.1) is 0 Å². The summed E-state index contributed by atoms with van der Waals surface area (Å²) in [6, 6.07) is 6.01. The number of amides is 1. The summed E-state index contributed by atoms with van der Waals surface area (Å²) in [7, 11) is 0. The summed E-state index contributed by atoms with van der Waals surface area (Å²) in [4.78, 5) is 27.0. The van der Waals surface area contributed by atoms with Gasteiger partial charge in [-0.25, -0.2) is 10.1 Å². The maximum atomic E-state index is 12.0. The molecule has 104 valence electrons. The van der Waals surface area contributed by atoms with Gasteiger partial charge in [-0.3, -0.25) is 9.59 Å². The zero-order valence-electron chi connectivity index (χ0n) is 11.0. The van der Waals surface area contributed by atoms with E-state index in [-0.39, 0.29) is 17.3 Å². The molecule has 0 unspecified atom stereocenters. The van der Waals surface area contributed by atoms with Crippen LogP contribution in [0.3, 0.4) is 0 Å². The minimum atomic E-state index is -0.321. The van der Waals surface area contributed by atoms with Crippen molar-refractivity contribution in [2.45, 2.75) is 13.3 Å². The van der Waals surface area contributed by atoms with E-state index in [1.165, 1.54) is 12.1 Å². The van der Waals surface area contributed by atoms with Crippen LogP contribution in [0.15, 0.2) is 35.3 Å². The molecule has 2 aromatic rings. The van der Waals surface area contributed by atoms with Gasteiger partial charge < -0.3 is 10.6 Å². The van der Waals surface area contributed by atoms with E-state index in [9.17, 15) is 9.59 Å². The molecule has 20 heavy (non-hydrogen) atoms. The molecule has 0 saturated carbocycles. The fraction of sp³-hybridized carbons (Fsp3) is 0.231. The SMILES string of the molecule is CCCNc1cc(C(=O)Nc2ccc(=O)[nH]n2)ccn1. The van der Waals surface area contributed by atoms with Gasteiger partial charge >= 0.3 is 0 Å². The highest BCUT2D eigenvalue weighted by molar-refractivity contribution is 6.04. The minimum Gasteiger partial charge on any atom is -0.370 e. The lowest BCUT2D eigenvalue weighted by molar-refractivity contribution is 0.102. The molecular weight excluding hydrogens is 258 g/mol. The first-order valence-corrected chi connectivity index (χ1v) is 6.26. The number of anilines is 2. The predicted octanol–water partition coefficient (Wildman–Crippen LogP) is 1.24. The maximum Gasteiger partial charge on any atom is 0.264 e. The molecule has 2 heterocycles. The largest absolute Gasteiger partial charge is 0.370 e. The molecule has 7 nitrogen and oxygen atoms in total. The van der Waals surface area contributed by atoms with Gasteiger partial charge in [0.05, 0.1) is 0 Å². The third-order valence-corrected chi connectivity index (χ3v) is 2.50. The zero-order chi connectivity index (χ0) is 14.4. The first-order valence-electron chi connectivity index (χ1n) is 6.26. The van der Waals surface area contributed by atoms with Gasteiger partial charge in [0.1, 0.15) is 5.82 Å². The van der Waals surface area contributed by atoms with Crippen molar-refractivity contribution in [3.63, 3.8) is 0 Å². The Labute approximate surface area is 115 Å². The number of hydrogen-bond donors (Lipinski definition) is 3. The van der Waals surface area contributed by atoms with Crippen LogP contribution >= 0.6 is 0 Å². The maximum absolute atomic E-state index is 12.0. The van der Waals surface area contributed by atoms with E-state index in [1.807, 2.05) is 6.92 Å². The highest BCUT2D eigenvalue weighted by Crippen LogP contribution is 2.09. The molecule has 0 fully saturated rings. The lowest BCUT2D eigenvalue weighted by Gasteiger charge is -2.06. The van der Waals surface area contributed by atoms with Gasteiger partial charge in [-0.1, -0.05) is 6.92 Å². The summed E-state index contributed by atoms with van der Waals surface area (Å²) in [5, 5.41) is 11.7. The van der Waals surface area contributed by atoms with Crippen molar-refractivity contribution in [1.82, 2.24) is 15.2 Å². The molecule has 0 aliphatic carbocycles. The second-order valence-corrected chi connectivity index (χ2v) is 4.12. The Bertz CT molecular complexity index is 633. The van der Waals surface area contributed by atoms with Crippen molar-refractivity contribution in [1.29, 1.82) is 0 Å². The Hall–Kier alpha value is -2.70. The smallest absolute Gasteiger partial charge is 0.264 e. The number of carbonyl (C=O) groups excluding carboxylic acids is 1. The molecule has 0 radical (unpaired) electrons. The predicted molar refractivity (Wildman–Crippen MR) is 75.8 cm³/mol. The van der Waals surface area contributed by atoms with Crippen LogP contribution in [-0.4, -0.2) is 27.6 Å². The molecule has 0 aliphatic rings. The number of nitrogens with one attached hydrogen (secondary N) is 3. The second-order valence-electron chi connectivity index (χ2n) is 4.12. The van der Waals surface area contributed by atoms with Gasteiger partial charge in [-0.2, -0.15) is 5.10 Å². The summed E-state index contributed by atoms with van der Waals surface area (Å²) in [5.74, 6) is 0.620. The molecule has 0 aliphatic heterocycles. The number of nitrogens with zero attached hydrogens (tertiary/aromatic N) is 2. The van der Waals surface area contributed by atoms with Gasteiger partial charge in [0.15, 0.2) is 5.82 Å². The van der Waals surface area contributed by atoms with E-state index < -0.39 is 0 Å². The van der Waals surface area contributed by atoms with Gasteiger partial charge in [-0.15, -0.1) is 0 Å². The van der Waals surface area contributed by atoms with Crippen LogP contribution in [0.4, 0.5) is 11.6 Å². The van der Waals surface area contributed by atoms with Gasteiger partial charge in [0.25, 0.3) is 11.5 Å². The Kier molecular flexibility index (Phi) is 4.43. The molecule has 3 N–H and O–H groups in total. The van der Waals surface area contributed by atoms with Gasteiger partial charge in [0, 0.05) is 24.4 Å². The van der Waals surface area contributed by atoms with Crippen LogP contribution in [0.25, 0.3) is 0 Å². The standard InChI is InChI=1S/C13H15N5O2/c1-2-6-14-11-8-9(5-7-15-11)13(20)16-10-3-4-12(19)18-17-10/h3-5,7-8H,2,6H2,1H3,(H,14,15)(H,18,19)(H,16,17,20). The van der Waals surface area contributed by atoms with E-state index in [0.717, 1.165) is 13.0 Å². The van der Waals surface area contributed by atoms with Crippen LogP contribution < -0.4 is 16.2 Å². The molecule has 2 aromatic heterocycles. The first kappa shape index (κ1) is 13.7. The van der Waals surface area contributed by atoms with E-state index in [1.54, 1.807) is 18.3 Å². The molecule has 0 bridgehead atoms. The lowest BCUT2D eigenvalue weighted by atomic mass is 10.2. The van der Waals surface area contributed by atoms with Gasteiger partial charge in [-0.05, 0) is 24.6 Å². The Morgan fingerprint density at radius 1 is 1.30 bits per heavy atom. The van der Waals surface area contributed by atoms with Crippen molar-refractivity contribution in [3.8, 4) is 0 Å². The lowest BCUT2D eigenvalue weighted by Crippen LogP contribution is -2.16. The fourth-order valence-electron chi connectivity index (χ4n) is 1.52. The van der Waals surface area contributed by atoms with Crippen molar-refractivity contribution in [2.24, 2.45) is 0 Å². The van der Waals surface area contributed by atoms with Crippen molar-refractivity contribution < 1.29 is 4.79 Å². The second kappa shape index (κ2) is 6.46. The third-order valence-electron chi connectivity index (χ3n) is 2.50. The molecule has 0 spiro atoms. The number of aromatic nitrogens is 3. The van der Waals surface area contributed by atoms with E-state index in [4.69, 9.17) is 0 Å². The average Bonchev–Trinajstić information content (AvgIpc) is 2.48. The molecule has 0 saturated heterocycles. The summed E-state index contributed by atoms with van der Waals surface area (Å²) in [6.45, 7) is 2.84. The molecule has 1 amide bonds. The molecular formula is C13H15N5O2. The Morgan fingerprint density at radius 3 is 2.85 bits per heavy atom. The number of rotatable bonds is 5. The Balaban J connectivity index is 2.08. The highest BCUT2D eigenvalue weighted by Gasteiger charge is 2.08. The van der Waals surface area contributed by atoms with Gasteiger partial charge in [0.2, 0.25) is 0 Å². The van der Waals surface area contributed by atoms with Crippen LogP contribution in [-0.2, 0) is 0 Å². The molecule has 0 aromatic carbocycles. The zero-order valence-corrected chi connectivity index (χ0v) is 11.0. The van der Waals surface area contributed by atoms with Crippen molar-refractivity contribution in [3.05, 3.63) is 46.4 Å². The Morgan fingerprint density at radius 2 is 2.15 bits per heavy atom. The van der Waals surface area contributed by atoms with Crippen molar-refractivity contribution in [2.75, 3.05) is 17.2 Å². The third kappa shape index (κ3) is 3.64. The number of aromatic amines is 1. The topological polar surface area (TPSA) is 99.8 Å². The summed E-state index contributed by atoms with van der Waals surface area (Å²) in [6.07, 6.45) is 2.53. The van der Waals surface area contributed by atoms with E-state index in [2.05, 4.69) is 25.8 Å². The highest BCUT2D eigenvalue weighted by atomic mass is 16.2. The molecule has 7 heteroatoms. The number of hydrogen-bond acceptors (Lipinski definition) is 5. The van der Waals surface area contributed by atoms with Crippen molar-refractivity contribution >= 4 is 17.5 Å². The first-order chi connectivity index (χ1) is 9.69. The quantitative estimate of drug-likeness (QED) is 0.761. The number of pyridine rings is 1. The monoisotopic (exact) mass is 273 g/mol. The van der Waals surface area contributed by atoms with E-state index in [0.29, 0.717) is 11.4 Å². The number of H-pyrrole nitrogens is 1. The fourth-order valence-corrected chi connectivity index (χ4v) is 1.52. The molecule has 2 rings (SSSR count). The summed E-state index contributed by atoms with van der Waals surface area (Å²) >= 11 is 0. The van der Waals surface area contributed by atoms with Crippen LogP contribution in [0.5, 0.6) is 0 Å². The van der Waals surface area contributed by atoms with Crippen LogP contribution in [0.2, 0.25) is 0 Å². The molecule has 0 atom stereocenters. The number of carbonyl (C=O) groups is 1. The summed E-state index contributed by atoms with van der Waals surface area (Å²) < 4.78 is 0. The van der Waals surface area contributed by atoms with E-state index >= 15 is 0 Å².